The number of methoxy groups -OCH3 is 1. The van der Waals surface area contributed by atoms with Crippen molar-refractivity contribution in [2.75, 3.05) is 24.7 Å². The zero-order chi connectivity index (χ0) is 15.2. The monoisotopic (exact) mass is 288 g/mol. The van der Waals surface area contributed by atoms with Crippen LogP contribution in [0.15, 0.2) is 36.4 Å². The molecule has 2 rings (SSSR count). The van der Waals surface area contributed by atoms with Gasteiger partial charge in [0.15, 0.2) is 0 Å². The average Bonchev–Trinajstić information content (AvgIpc) is 2.47. The Labute approximate surface area is 121 Å². The molecule has 110 valence electrons. The standard InChI is InChI=1S/C14H16N4O3/c1-21-12-5-3-2-4-10(12)6-7-16-14-9-11(18(19)20)8-13(15)17-14/h2-5,8-9H,6-7H2,1H3,(H3,15,16,17). The van der Waals surface area contributed by atoms with Crippen LogP contribution in [0.3, 0.4) is 0 Å². The van der Waals surface area contributed by atoms with Crippen LogP contribution in [0.5, 0.6) is 5.75 Å². The Bertz CT molecular complexity index is 646. The summed E-state index contributed by atoms with van der Waals surface area (Å²) >= 11 is 0. The van der Waals surface area contributed by atoms with E-state index in [0.717, 1.165) is 11.3 Å². The van der Waals surface area contributed by atoms with Crippen LogP contribution in [-0.2, 0) is 6.42 Å². The van der Waals surface area contributed by atoms with Crippen molar-refractivity contribution in [2.45, 2.75) is 6.42 Å². The Morgan fingerprint density at radius 2 is 2.14 bits per heavy atom. The van der Waals surface area contributed by atoms with Crippen molar-refractivity contribution in [3.63, 3.8) is 0 Å². The number of pyridine rings is 1. The first kappa shape index (κ1) is 14.6. The Morgan fingerprint density at radius 3 is 2.86 bits per heavy atom. The highest BCUT2D eigenvalue weighted by molar-refractivity contribution is 5.52. The number of aromatic nitrogens is 1. The van der Waals surface area contributed by atoms with E-state index >= 15 is 0 Å². The lowest BCUT2D eigenvalue weighted by atomic mass is 10.1. The Morgan fingerprint density at radius 1 is 1.38 bits per heavy atom. The lowest BCUT2D eigenvalue weighted by molar-refractivity contribution is -0.384. The topological polar surface area (TPSA) is 103 Å². The normalized spacial score (nSPS) is 10.1. The number of nitrogens with one attached hydrogen (secondary N) is 1. The summed E-state index contributed by atoms with van der Waals surface area (Å²) < 4.78 is 5.27. The van der Waals surface area contributed by atoms with Crippen molar-refractivity contribution in [1.82, 2.24) is 4.98 Å². The molecule has 0 amide bonds. The summed E-state index contributed by atoms with van der Waals surface area (Å²) in [6.07, 6.45) is 0.703. The molecule has 0 fully saturated rings. The van der Waals surface area contributed by atoms with Crippen LogP contribution in [0.4, 0.5) is 17.3 Å². The van der Waals surface area contributed by atoms with Crippen molar-refractivity contribution in [3.8, 4) is 5.75 Å². The van der Waals surface area contributed by atoms with Gasteiger partial charge < -0.3 is 15.8 Å². The van der Waals surface area contributed by atoms with E-state index in [9.17, 15) is 10.1 Å². The second-order valence-corrected chi connectivity index (χ2v) is 4.38. The zero-order valence-electron chi connectivity index (χ0n) is 11.6. The molecule has 1 aromatic carbocycles. The smallest absolute Gasteiger partial charge is 0.276 e. The largest absolute Gasteiger partial charge is 0.496 e. The highest BCUT2D eigenvalue weighted by Gasteiger charge is 2.09. The van der Waals surface area contributed by atoms with Crippen molar-refractivity contribution in [3.05, 3.63) is 52.1 Å². The van der Waals surface area contributed by atoms with Crippen molar-refractivity contribution < 1.29 is 9.66 Å². The molecule has 21 heavy (non-hydrogen) atoms. The number of benzene rings is 1. The molecule has 0 aliphatic carbocycles. The predicted octanol–water partition coefficient (Wildman–Crippen LogP) is 2.24. The van der Waals surface area contributed by atoms with E-state index in [1.807, 2.05) is 24.3 Å². The first-order valence-electron chi connectivity index (χ1n) is 6.38. The summed E-state index contributed by atoms with van der Waals surface area (Å²) in [7, 11) is 1.62. The fourth-order valence-electron chi connectivity index (χ4n) is 1.97. The van der Waals surface area contributed by atoms with E-state index < -0.39 is 4.92 Å². The van der Waals surface area contributed by atoms with Gasteiger partial charge in [-0.1, -0.05) is 18.2 Å². The van der Waals surface area contributed by atoms with Gasteiger partial charge in [-0.25, -0.2) is 4.98 Å². The van der Waals surface area contributed by atoms with Gasteiger partial charge in [-0.3, -0.25) is 10.1 Å². The minimum absolute atomic E-state index is 0.0812. The minimum atomic E-state index is -0.497. The highest BCUT2D eigenvalue weighted by Crippen LogP contribution is 2.20. The Balaban J connectivity index is 2.02. The first-order valence-corrected chi connectivity index (χ1v) is 6.38. The van der Waals surface area contributed by atoms with Crippen LogP contribution in [0.2, 0.25) is 0 Å². The summed E-state index contributed by atoms with van der Waals surface area (Å²) in [5, 5.41) is 13.8. The fourth-order valence-corrected chi connectivity index (χ4v) is 1.97. The number of hydrogen-bond acceptors (Lipinski definition) is 6. The molecule has 0 spiro atoms. The van der Waals surface area contributed by atoms with Crippen LogP contribution < -0.4 is 15.8 Å². The number of nitrogens with two attached hydrogens (primary N) is 1. The minimum Gasteiger partial charge on any atom is -0.496 e. The molecular formula is C14H16N4O3. The van der Waals surface area contributed by atoms with E-state index in [0.29, 0.717) is 18.8 Å². The Kier molecular flexibility index (Phi) is 4.55. The SMILES string of the molecule is COc1ccccc1CCNc1cc([N+](=O)[O-])cc(N)n1. The molecule has 0 atom stereocenters. The van der Waals surface area contributed by atoms with Gasteiger partial charge in [0.2, 0.25) is 0 Å². The zero-order valence-corrected chi connectivity index (χ0v) is 11.6. The molecule has 0 aliphatic heterocycles. The Hall–Kier alpha value is -2.83. The van der Waals surface area contributed by atoms with Crippen LogP contribution in [0.1, 0.15) is 5.56 Å². The average molecular weight is 288 g/mol. The van der Waals surface area contributed by atoms with E-state index in [2.05, 4.69) is 10.3 Å². The van der Waals surface area contributed by atoms with Gasteiger partial charge in [0.1, 0.15) is 17.4 Å². The lowest BCUT2D eigenvalue weighted by Crippen LogP contribution is -2.08. The number of ether oxygens (including phenoxy) is 1. The van der Waals surface area contributed by atoms with Crippen LogP contribution in [-0.4, -0.2) is 23.6 Å². The van der Waals surface area contributed by atoms with Gasteiger partial charge in [0, 0.05) is 6.54 Å². The van der Waals surface area contributed by atoms with Gasteiger partial charge in [-0.05, 0) is 18.1 Å². The maximum Gasteiger partial charge on any atom is 0.276 e. The molecule has 3 N–H and O–H groups in total. The molecule has 0 aliphatic rings. The summed E-state index contributed by atoms with van der Waals surface area (Å²) in [6, 6.07) is 10.3. The third kappa shape index (κ3) is 3.82. The maximum atomic E-state index is 10.8. The lowest BCUT2D eigenvalue weighted by Gasteiger charge is -2.09. The van der Waals surface area contributed by atoms with Crippen LogP contribution >= 0.6 is 0 Å². The predicted molar refractivity (Wildman–Crippen MR) is 80.5 cm³/mol. The van der Waals surface area contributed by atoms with Crippen molar-refractivity contribution >= 4 is 17.3 Å². The van der Waals surface area contributed by atoms with Crippen LogP contribution in [0.25, 0.3) is 0 Å². The summed E-state index contributed by atoms with van der Waals surface area (Å²) in [4.78, 5) is 14.3. The molecule has 0 unspecified atom stereocenters. The van der Waals surface area contributed by atoms with Crippen LogP contribution in [0, 0.1) is 10.1 Å². The molecule has 2 aromatic rings. The molecule has 0 saturated carbocycles. The molecule has 0 bridgehead atoms. The van der Waals surface area contributed by atoms with Gasteiger partial charge in [0.25, 0.3) is 5.69 Å². The summed E-state index contributed by atoms with van der Waals surface area (Å²) in [6.45, 7) is 0.563. The fraction of sp³-hybridized carbons (Fsp3) is 0.214. The van der Waals surface area contributed by atoms with E-state index in [1.54, 1.807) is 7.11 Å². The second kappa shape index (κ2) is 6.56. The third-order valence-corrected chi connectivity index (χ3v) is 2.93. The number of rotatable bonds is 6. The van der Waals surface area contributed by atoms with Crippen molar-refractivity contribution in [2.24, 2.45) is 0 Å². The number of anilines is 2. The maximum absolute atomic E-state index is 10.8. The van der Waals surface area contributed by atoms with Crippen molar-refractivity contribution in [1.29, 1.82) is 0 Å². The molecular weight excluding hydrogens is 272 g/mol. The van der Waals surface area contributed by atoms with Gasteiger partial charge >= 0.3 is 0 Å². The van der Waals surface area contributed by atoms with Gasteiger partial charge in [-0.2, -0.15) is 0 Å². The quantitative estimate of drug-likeness (QED) is 0.624. The number of nitro groups is 1. The second-order valence-electron chi connectivity index (χ2n) is 4.38. The molecule has 0 radical (unpaired) electrons. The molecule has 7 heteroatoms. The van der Waals surface area contributed by atoms with E-state index in [4.69, 9.17) is 10.5 Å². The van der Waals surface area contributed by atoms with Gasteiger partial charge in [0.05, 0.1) is 24.2 Å². The molecule has 1 aromatic heterocycles. The molecule has 0 saturated heterocycles. The van der Waals surface area contributed by atoms with E-state index in [-0.39, 0.29) is 11.5 Å². The summed E-state index contributed by atoms with van der Waals surface area (Å²) in [5.41, 5.74) is 6.52. The number of nitrogens with zero attached hydrogens (tertiary/aromatic N) is 2. The number of para-hydroxylation sites is 1. The highest BCUT2D eigenvalue weighted by atomic mass is 16.6. The molecule has 7 nitrogen and oxygen atoms in total. The van der Waals surface area contributed by atoms with Gasteiger partial charge in [-0.15, -0.1) is 0 Å². The number of hydrogen-bond donors (Lipinski definition) is 2. The first-order chi connectivity index (χ1) is 10.1. The summed E-state index contributed by atoms with van der Waals surface area (Å²) in [5.74, 6) is 1.31. The number of nitrogen functional groups attached to an aromatic ring is 1. The molecule has 1 heterocycles. The third-order valence-electron chi connectivity index (χ3n) is 2.93. The van der Waals surface area contributed by atoms with E-state index in [1.165, 1.54) is 12.1 Å².